The summed E-state index contributed by atoms with van der Waals surface area (Å²) in [6, 6.07) is 2.11. The van der Waals surface area contributed by atoms with Gasteiger partial charge in [0.15, 0.2) is 0 Å². The maximum atomic E-state index is 12.1. The van der Waals surface area contributed by atoms with E-state index in [1.54, 1.807) is 16.2 Å². The Morgan fingerprint density at radius 2 is 2.29 bits per heavy atom. The molecular weight excluding hydrogens is 234 g/mol. The summed E-state index contributed by atoms with van der Waals surface area (Å²) in [7, 11) is 1.83. The Kier molecular flexibility index (Phi) is 3.54. The molecule has 0 bridgehead atoms. The second-order valence-electron chi connectivity index (χ2n) is 4.94. The lowest BCUT2D eigenvalue weighted by Crippen LogP contribution is -2.37. The Bertz CT molecular complexity index is 409. The van der Waals surface area contributed by atoms with Crippen LogP contribution >= 0.6 is 11.3 Å². The highest BCUT2D eigenvalue weighted by molar-refractivity contribution is 7.10. The van der Waals surface area contributed by atoms with Crippen molar-refractivity contribution in [2.24, 2.45) is 5.41 Å². The van der Waals surface area contributed by atoms with Crippen molar-refractivity contribution in [1.82, 2.24) is 4.90 Å². The van der Waals surface area contributed by atoms with Crippen LogP contribution in [0.4, 0.5) is 0 Å². The highest BCUT2D eigenvalue weighted by atomic mass is 32.1. The molecule has 1 saturated carbocycles. The van der Waals surface area contributed by atoms with E-state index in [0.29, 0.717) is 0 Å². The van der Waals surface area contributed by atoms with Crippen LogP contribution in [0.25, 0.3) is 0 Å². The average molecular weight is 253 g/mol. The summed E-state index contributed by atoms with van der Waals surface area (Å²) < 4.78 is 0. The molecule has 0 atom stereocenters. The number of carbonyl (C=O) groups is 1. The van der Waals surface area contributed by atoms with Crippen molar-refractivity contribution in [3.05, 3.63) is 21.9 Å². The Morgan fingerprint density at radius 1 is 1.59 bits per heavy atom. The minimum absolute atomic E-state index is 0.00575. The first kappa shape index (κ1) is 12.6. The zero-order valence-electron chi connectivity index (χ0n) is 10.4. The van der Waals surface area contributed by atoms with Crippen molar-refractivity contribution in [3.63, 3.8) is 0 Å². The molecule has 4 heteroatoms. The maximum Gasteiger partial charge on any atom is 0.230 e. The molecule has 2 rings (SSSR count). The molecule has 0 saturated heterocycles. The van der Waals surface area contributed by atoms with Gasteiger partial charge in [0.05, 0.1) is 12.0 Å². The first-order valence-electron chi connectivity index (χ1n) is 5.98. The molecule has 0 spiro atoms. The fourth-order valence-electron chi connectivity index (χ4n) is 2.03. The molecule has 3 nitrogen and oxygen atoms in total. The van der Waals surface area contributed by atoms with Gasteiger partial charge >= 0.3 is 0 Å². The highest BCUT2D eigenvalue weighted by Crippen LogP contribution is 2.46. The van der Waals surface area contributed by atoms with Gasteiger partial charge < -0.3 is 10.0 Å². The van der Waals surface area contributed by atoms with Crippen LogP contribution < -0.4 is 0 Å². The van der Waals surface area contributed by atoms with Crippen molar-refractivity contribution in [3.8, 4) is 0 Å². The van der Waals surface area contributed by atoms with Crippen LogP contribution in [0.15, 0.2) is 11.4 Å². The molecule has 0 aliphatic heterocycles. The van der Waals surface area contributed by atoms with E-state index in [-0.39, 0.29) is 12.5 Å². The monoisotopic (exact) mass is 253 g/mol. The third-order valence-electron chi connectivity index (χ3n) is 3.60. The van der Waals surface area contributed by atoms with Gasteiger partial charge in [-0.25, -0.2) is 0 Å². The quantitative estimate of drug-likeness (QED) is 0.869. The fourth-order valence-corrected chi connectivity index (χ4v) is 2.93. The van der Waals surface area contributed by atoms with E-state index < -0.39 is 5.41 Å². The van der Waals surface area contributed by atoms with Gasteiger partial charge in [-0.15, -0.1) is 11.3 Å². The number of hydrogen-bond acceptors (Lipinski definition) is 3. The van der Waals surface area contributed by atoms with Gasteiger partial charge in [0.2, 0.25) is 5.91 Å². The van der Waals surface area contributed by atoms with E-state index in [1.165, 1.54) is 10.4 Å². The molecule has 1 aliphatic rings. The van der Waals surface area contributed by atoms with Gasteiger partial charge in [-0.2, -0.15) is 0 Å². The Morgan fingerprint density at radius 3 is 2.76 bits per heavy atom. The number of aliphatic hydroxyl groups is 1. The van der Waals surface area contributed by atoms with Crippen molar-refractivity contribution in [2.45, 2.75) is 26.2 Å². The first-order valence-corrected chi connectivity index (χ1v) is 6.86. The molecule has 1 fully saturated rings. The minimum Gasteiger partial charge on any atom is -0.395 e. The molecule has 0 aromatic carbocycles. The van der Waals surface area contributed by atoms with Crippen LogP contribution in [0.1, 0.15) is 23.3 Å². The predicted octanol–water partition coefficient (Wildman–Crippen LogP) is 1.83. The molecule has 1 heterocycles. The number of carbonyl (C=O) groups excluding carboxylic acids is 1. The molecule has 94 valence electrons. The number of thiophene rings is 1. The highest BCUT2D eigenvalue weighted by Gasteiger charge is 2.50. The van der Waals surface area contributed by atoms with E-state index in [9.17, 15) is 9.90 Å². The number of rotatable bonds is 5. The van der Waals surface area contributed by atoms with Crippen molar-refractivity contribution < 1.29 is 9.90 Å². The van der Waals surface area contributed by atoms with Crippen LogP contribution in [0.2, 0.25) is 0 Å². The third-order valence-corrected chi connectivity index (χ3v) is 4.68. The normalized spacial score (nSPS) is 16.9. The smallest absolute Gasteiger partial charge is 0.230 e. The molecular formula is C13H19NO2S. The summed E-state index contributed by atoms with van der Waals surface area (Å²) in [5, 5.41) is 11.3. The number of aliphatic hydroxyl groups excluding tert-OH is 1. The summed E-state index contributed by atoms with van der Waals surface area (Å²) >= 11 is 1.74. The average Bonchev–Trinajstić information content (AvgIpc) is 3.03. The largest absolute Gasteiger partial charge is 0.395 e. The maximum absolute atomic E-state index is 12.1. The number of nitrogens with zero attached hydrogens (tertiary/aromatic N) is 1. The lowest BCUT2D eigenvalue weighted by Gasteiger charge is -2.22. The Hall–Kier alpha value is -0.870. The van der Waals surface area contributed by atoms with Gasteiger partial charge in [0.1, 0.15) is 0 Å². The third kappa shape index (κ3) is 2.53. The summed E-state index contributed by atoms with van der Waals surface area (Å²) in [6.45, 7) is 2.83. The van der Waals surface area contributed by atoms with Crippen molar-refractivity contribution in [2.75, 3.05) is 20.2 Å². The fraction of sp³-hybridized carbons (Fsp3) is 0.615. The molecule has 0 unspecified atom stereocenters. The van der Waals surface area contributed by atoms with E-state index in [1.807, 2.05) is 7.05 Å². The van der Waals surface area contributed by atoms with Crippen LogP contribution in [0, 0.1) is 12.3 Å². The Balaban J connectivity index is 1.88. The molecule has 1 aliphatic carbocycles. The summed E-state index contributed by atoms with van der Waals surface area (Å²) in [5.74, 6) is 0.106. The van der Waals surface area contributed by atoms with Gasteiger partial charge in [-0.1, -0.05) is 0 Å². The van der Waals surface area contributed by atoms with Gasteiger partial charge in [0, 0.05) is 18.5 Å². The lowest BCUT2D eigenvalue weighted by molar-refractivity contribution is -0.137. The minimum atomic E-state index is -0.431. The van der Waals surface area contributed by atoms with Gasteiger partial charge in [-0.3, -0.25) is 4.79 Å². The van der Waals surface area contributed by atoms with Crippen LogP contribution in [-0.2, 0) is 11.2 Å². The molecule has 17 heavy (non-hydrogen) atoms. The summed E-state index contributed by atoms with van der Waals surface area (Å²) in [6.07, 6.45) is 2.59. The number of likely N-dealkylation sites (N-methyl/N-ethyl adjacent to an activating group) is 1. The first-order chi connectivity index (χ1) is 8.09. The molecule has 1 N–H and O–H groups in total. The molecule has 1 aromatic rings. The summed E-state index contributed by atoms with van der Waals surface area (Å²) in [4.78, 5) is 15.2. The topological polar surface area (TPSA) is 40.5 Å². The van der Waals surface area contributed by atoms with Crippen molar-refractivity contribution in [1.29, 1.82) is 0 Å². The van der Waals surface area contributed by atoms with E-state index >= 15 is 0 Å². The van der Waals surface area contributed by atoms with Gasteiger partial charge in [-0.05, 0) is 43.2 Å². The zero-order valence-corrected chi connectivity index (χ0v) is 11.2. The Labute approximate surface area is 106 Å². The van der Waals surface area contributed by atoms with Crippen LogP contribution in [0.5, 0.6) is 0 Å². The standard InChI is InChI=1S/C13H19NO2S/c1-10-4-8-17-11(10)3-7-14(2)12(16)13(9-15)5-6-13/h4,8,15H,3,5-7,9H2,1-2H3. The zero-order chi connectivity index (χ0) is 12.5. The van der Waals surface area contributed by atoms with Crippen LogP contribution in [-0.4, -0.2) is 36.1 Å². The van der Waals surface area contributed by atoms with Gasteiger partial charge in [0.25, 0.3) is 0 Å². The molecule has 1 amide bonds. The van der Waals surface area contributed by atoms with E-state index in [4.69, 9.17) is 0 Å². The van der Waals surface area contributed by atoms with Crippen molar-refractivity contribution >= 4 is 17.2 Å². The number of amides is 1. The predicted molar refractivity (Wildman–Crippen MR) is 69.1 cm³/mol. The number of hydrogen-bond donors (Lipinski definition) is 1. The molecule has 0 radical (unpaired) electrons. The van der Waals surface area contributed by atoms with E-state index in [2.05, 4.69) is 18.4 Å². The van der Waals surface area contributed by atoms with E-state index in [0.717, 1.165) is 25.8 Å². The second-order valence-corrected chi connectivity index (χ2v) is 5.94. The van der Waals surface area contributed by atoms with Crippen LogP contribution in [0.3, 0.4) is 0 Å². The lowest BCUT2D eigenvalue weighted by atomic mass is 10.1. The SMILES string of the molecule is Cc1ccsc1CCN(C)C(=O)C1(CO)CC1. The second kappa shape index (κ2) is 4.78. The number of aryl methyl sites for hydroxylation is 1. The summed E-state index contributed by atoms with van der Waals surface area (Å²) in [5.41, 5.74) is 0.873. The molecule has 1 aromatic heterocycles.